The Morgan fingerprint density at radius 1 is 0.581 bits per heavy atom. The number of aryl methyl sites for hydroxylation is 2. The van der Waals surface area contributed by atoms with Crippen molar-refractivity contribution in [2.75, 3.05) is 62.5 Å². The molecule has 0 bridgehead atoms. The number of aromatic nitrogens is 6. The predicted octanol–water partition coefficient (Wildman–Crippen LogP) is 10.6. The lowest BCUT2D eigenvalue weighted by molar-refractivity contribution is -0.298. The van der Waals surface area contributed by atoms with Crippen molar-refractivity contribution in [3.63, 3.8) is 0 Å². The van der Waals surface area contributed by atoms with Gasteiger partial charge in [0.05, 0.1) is 94.9 Å². The van der Waals surface area contributed by atoms with E-state index in [0.717, 1.165) is 35.9 Å². The second-order valence-electron chi connectivity index (χ2n) is 36.7. The first-order valence-electron chi connectivity index (χ1n) is 43.9. The van der Waals surface area contributed by atoms with E-state index in [1.54, 1.807) is 103 Å². The lowest BCUT2D eigenvalue weighted by Gasteiger charge is -2.48. The van der Waals surface area contributed by atoms with Crippen LogP contribution in [0.25, 0.3) is 22.5 Å². The Morgan fingerprint density at radius 3 is 1.44 bits per heavy atom. The number of carbonyl (C=O) groups is 10. The molecule has 0 saturated carbocycles. The third kappa shape index (κ3) is 21.5. The number of likely N-dealkylation sites (N-methyl/N-ethyl adjacent to an activating group) is 3. The van der Waals surface area contributed by atoms with Crippen LogP contribution in [0.15, 0.2) is 74.1 Å². The lowest BCUT2D eigenvalue weighted by Crippen LogP contribution is -2.63. The summed E-state index contributed by atoms with van der Waals surface area (Å²) in [4.78, 5) is 166. The Hall–Kier alpha value is -8.57. The van der Waals surface area contributed by atoms with Gasteiger partial charge in [0.15, 0.2) is 36.4 Å². The van der Waals surface area contributed by atoms with Gasteiger partial charge >= 0.3 is 35.9 Å². The van der Waals surface area contributed by atoms with Gasteiger partial charge in [-0.15, -0.1) is 0 Å². The number of unbranched alkanes of at least 4 members (excludes halogenated alkanes) is 2. The van der Waals surface area contributed by atoms with Crippen LogP contribution in [-0.4, -0.2) is 289 Å². The predicted molar refractivity (Wildman–Crippen MR) is 457 cm³/mol. The van der Waals surface area contributed by atoms with Gasteiger partial charge in [-0.2, -0.15) is 0 Å². The van der Waals surface area contributed by atoms with Crippen LogP contribution in [0.2, 0.25) is 0 Å². The maximum atomic E-state index is 17.2. The summed E-state index contributed by atoms with van der Waals surface area (Å²) in [6.07, 6.45) is 9.41. The van der Waals surface area contributed by atoms with Gasteiger partial charge in [-0.05, 0) is 172 Å². The fourth-order valence-electron chi connectivity index (χ4n) is 20.1. The molecule has 4 amide bonds. The first-order chi connectivity index (χ1) is 58.3. The number of nitrogens with one attached hydrogen (secondary N) is 1. The fourth-order valence-corrected chi connectivity index (χ4v) is 20.1. The summed E-state index contributed by atoms with van der Waals surface area (Å²) in [7, 11) is 12.0. The third-order valence-corrected chi connectivity index (χ3v) is 27.1. The van der Waals surface area contributed by atoms with Gasteiger partial charge < -0.3 is 86.3 Å². The number of amides is 4. The Morgan fingerprint density at radius 2 is 1.02 bits per heavy atom. The Balaban J connectivity index is 0.000000281. The molecule has 6 aliphatic heterocycles. The van der Waals surface area contributed by atoms with E-state index in [-0.39, 0.29) is 73.7 Å². The van der Waals surface area contributed by atoms with Gasteiger partial charge in [-0.3, -0.25) is 43.5 Å². The number of esters is 4. The molecule has 4 aromatic heterocycles. The minimum Gasteiger partial charge on any atom is -0.459 e. The van der Waals surface area contributed by atoms with Gasteiger partial charge in [-0.1, -0.05) is 55.4 Å². The van der Waals surface area contributed by atoms with Crippen LogP contribution in [0.5, 0.6) is 0 Å². The molecule has 6 saturated heterocycles. The first kappa shape index (κ1) is 99.2. The summed E-state index contributed by atoms with van der Waals surface area (Å²) >= 11 is 0. The molecular weight excluding hydrogens is 1600 g/mol. The van der Waals surface area contributed by atoms with Crippen molar-refractivity contribution < 1.29 is 99.7 Å². The number of nitrogens with zero attached hydrogens (tertiary/aromatic N) is 11. The van der Waals surface area contributed by atoms with E-state index in [9.17, 15) is 47.9 Å². The highest BCUT2D eigenvalue weighted by atomic mass is 19.1. The molecule has 33 heteroatoms. The summed E-state index contributed by atoms with van der Waals surface area (Å²) in [5, 5.41) is 3.13. The van der Waals surface area contributed by atoms with Crippen LogP contribution in [0.4, 0.5) is 14.0 Å². The van der Waals surface area contributed by atoms with E-state index < -0.39 is 166 Å². The number of fused-ring (bicyclic) bond motifs is 2. The number of hydrogen-bond acceptors (Lipinski definition) is 26. The number of ketones is 4. The van der Waals surface area contributed by atoms with Gasteiger partial charge in [0, 0.05) is 145 Å². The van der Waals surface area contributed by atoms with Crippen molar-refractivity contribution in [1.82, 2.24) is 58.9 Å². The second kappa shape index (κ2) is 41.5. The van der Waals surface area contributed by atoms with Crippen LogP contribution in [0.3, 0.4) is 0 Å². The highest BCUT2D eigenvalue weighted by Gasteiger charge is 2.64. The fraction of sp³-hybridized carbons (Fsp3) is 0.714. The number of ether oxygens (including phenoxy) is 10. The molecule has 6 fully saturated rings. The Kier molecular flexibility index (Phi) is 33.2. The smallest absolute Gasteiger partial charge is 0.351 e. The standard InChI is InChI=1S/C46H69FN6O10.C45H68N6O10/c1-14-35-46(9)38(53(43(58)51(46)12)21-16-15-20-52-25-33(49-26-52)32-18-17-19-48-24-32)29(4)36(55)27(2)23-44(7,59-13)40(30(5)39(56)45(8,47)42(57)62-35)63-41-37(61-31(6)54)34(50(10)11)22-28(3)60-41;1-13-35-45(9)39(51(43(56)48-45)20-15-14-19-50-24-33(47-25-50)32-17-16-18-46-23-32)28(4)36(53)26(2)22-44(8,57-12)40(29(5)37(54)30(6)41(55)60-35)61-42-38(59-31(7)52)34(49(10)11)21-27(3)58-42/h17-19,24-30,34-35,37-38,40-41H,14-16,20-23H2,1-13H3;16-18,23-30,34-35,38-40,42H,13-15,19-22H2,1-12H3,(H,48,56)/t27-,28-,29+,30+,34?,35-,37?,38?,40?,41?,44+,45+,46-;26-,27-,28+,29+,30-,34?,35-,38?,39?,40?,42?,44+,45-/m11/s1. The normalized spacial score (nSPS) is 35.7. The number of urea groups is 2. The molecular formula is C91H137FN12O20. The number of alkyl halides is 1. The minimum atomic E-state index is -3.18. The minimum absolute atomic E-state index is 0.00359. The zero-order chi connectivity index (χ0) is 91.7. The molecule has 0 aromatic carbocycles. The Labute approximate surface area is 730 Å². The number of carbonyl (C=O) groups excluding carboxylic acids is 10. The van der Waals surface area contributed by atoms with E-state index in [2.05, 4.69) is 25.3 Å². The second-order valence-corrected chi connectivity index (χ2v) is 36.7. The van der Waals surface area contributed by atoms with E-state index in [0.29, 0.717) is 58.2 Å². The first-order valence-corrected chi connectivity index (χ1v) is 43.9. The molecule has 32 nitrogen and oxygen atoms in total. The number of rotatable bonds is 24. The largest absolute Gasteiger partial charge is 0.459 e. The number of imidazole rings is 2. The topological polar surface area (TPSA) is 353 Å². The number of Topliss-reactive ketones (excluding diaryl/α,β-unsaturated/α-hetero) is 4. The molecule has 10 rings (SSSR count). The maximum Gasteiger partial charge on any atom is 0.351 e. The average Bonchev–Trinajstić information content (AvgIpc) is 1.57. The van der Waals surface area contributed by atoms with Crippen LogP contribution in [-0.2, 0) is 98.8 Å². The van der Waals surface area contributed by atoms with Crippen molar-refractivity contribution in [2.24, 2.45) is 41.4 Å². The van der Waals surface area contributed by atoms with Crippen molar-refractivity contribution >= 4 is 59.1 Å². The number of cyclic esters (lactones) is 2. The van der Waals surface area contributed by atoms with E-state index in [1.807, 2.05) is 125 Å². The molecule has 0 spiro atoms. The maximum absolute atomic E-state index is 17.2. The number of methoxy groups -OCH3 is 2. The molecule has 0 aliphatic carbocycles. The molecule has 1 N–H and O–H groups in total. The molecule has 4 aromatic rings. The van der Waals surface area contributed by atoms with Crippen LogP contribution in [0, 0.1) is 41.4 Å². The van der Waals surface area contributed by atoms with Crippen LogP contribution in [0.1, 0.15) is 189 Å². The molecule has 124 heavy (non-hydrogen) atoms. The van der Waals surface area contributed by atoms with Gasteiger partial charge in [-0.25, -0.2) is 28.7 Å². The van der Waals surface area contributed by atoms with Crippen LogP contribution >= 0.6 is 0 Å². The summed E-state index contributed by atoms with van der Waals surface area (Å²) in [5.41, 5.74) is -5.01. The molecule has 10 heterocycles. The zero-order valence-corrected chi connectivity index (χ0v) is 77.4. The van der Waals surface area contributed by atoms with Crippen molar-refractivity contribution in [3.8, 4) is 22.5 Å². The van der Waals surface area contributed by atoms with E-state index in [4.69, 9.17) is 47.4 Å². The number of halogens is 1. The van der Waals surface area contributed by atoms with Gasteiger partial charge in [0.1, 0.15) is 29.7 Å². The van der Waals surface area contributed by atoms with Crippen LogP contribution < -0.4 is 5.32 Å². The molecule has 10 unspecified atom stereocenters. The highest BCUT2D eigenvalue weighted by molar-refractivity contribution is 6.08. The quantitative estimate of drug-likeness (QED) is 0.0295. The summed E-state index contributed by atoms with van der Waals surface area (Å²) < 4.78 is 83.5. The molecule has 688 valence electrons. The van der Waals surface area contributed by atoms with E-state index >= 15 is 4.39 Å². The SMILES string of the molecule is CC[C@H]1OC(=O)[C@@](C)(F)C(=O)[C@H](C)C(OC2O[C@H](C)CC(N(C)C)C2OC(C)=O)[C@@](C)(OC)C[C@@H](C)C(=O)[C@H](C)C2N(CCCCn3cnc(-c4cccnc4)c3)C(=O)N(C)[C@@]21C.CC[C@H]1OC(=O)[C@H](C)C(=O)[C@H](C)C(OC2O[C@H](C)CC(N(C)C)C2OC(C)=O)[C@@](C)(OC)C[C@@H](C)C(=O)[C@H](C)C2N(CCCCn3cnc(-c4cccnc4)c3)C(=O)N[C@@]21C. The average molecular weight is 1740 g/mol. The van der Waals surface area contributed by atoms with Gasteiger partial charge in [0.2, 0.25) is 0 Å². The summed E-state index contributed by atoms with van der Waals surface area (Å²) in [5.74, 6) is -11.7. The molecule has 0 radical (unpaired) electrons. The highest BCUT2D eigenvalue weighted by Crippen LogP contribution is 2.47. The van der Waals surface area contributed by atoms with Gasteiger partial charge in [0.25, 0.3) is 5.67 Å². The van der Waals surface area contributed by atoms with Crippen molar-refractivity contribution in [3.05, 3.63) is 74.1 Å². The monoisotopic (exact) mass is 1740 g/mol. The molecule has 6 aliphatic rings. The van der Waals surface area contributed by atoms with Crippen molar-refractivity contribution in [2.45, 2.75) is 315 Å². The lowest BCUT2D eigenvalue weighted by atomic mass is 9.72. The number of pyridine rings is 2. The van der Waals surface area contributed by atoms with Crippen molar-refractivity contribution in [1.29, 1.82) is 0 Å². The number of hydrogen-bond donors (Lipinski definition) is 1. The Bertz CT molecular complexity index is 4350. The summed E-state index contributed by atoms with van der Waals surface area (Å²) in [6, 6.07) is 4.75. The zero-order valence-electron chi connectivity index (χ0n) is 77.4. The van der Waals surface area contributed by atoms with E-state index in [1.165, 1.54) is 46.8 Å². The molecule has 26 atom stereocenters. The third-order valence-electron chi connectivity index (χ3n) is 27.1. The summed E-state index contributed by atoms with van der Waals surface area (Å²) in [6.45, 7) is 31.6.